The molecule has 92 valence electrons. The second-order valence-electron chi connectivity index (χ2n) is 5.50. The Labute approximate surface area is 96.0 Å². The average molecular weight is 215 g/mol. The van der Waals surface area contributed by atoms with Gasteiger partial charge in [0.2, 0.25) is 0 Å². The zero-order valence-corrected chi connectivity index (χ0v) is 11.4. The summed E-state index contributed by atoms with van der Waals surface area (Å²) in [5, 5.41) is 0. The predicted molar refractivity (Wildman–Crippen MR) is 67.2 cm³/mol. The van der Waals surface area contributed by atoms with Crippen LogP contribution in [0.1, 0.15) is 40.5 Å². The largest absolute Gasteiger partial charge is 0.381 e. The van der Waals surface area contributed by atoms with Crippen LogP contribution in [-0.4, -0.2) is 38.3 Å². The van der Waals surface area contributed by atoms with Crippen LogP contribution in [-0.2, 0) is 4.74 Å². The van der Waals surface area contributed by atoms with Gasteiger partial charge in [-0.15, -0.1) is 0 Å². The third-order valence-electron chi connectivity index (χ3n) is 2.52. The van der Waals surface area contributed by atoms with Gasteiger partial charge in [-0.1, -0.05) is 27.7 Å². The molecular weight excluding hydrogens is 186 g/mol. The summed E-state index contributed by atoms with van der Waals surface area (Å²) in [5.41, 5.74) is 0. The molecule has 0 aliphatic rings. The van der Waals surface area contributed by atoms with Crippen LogP contribution in [0.5, 0.6) is 0 Å². The number of ether oxygens (including phenoxy) is 1. The lowest BCUT2D eigenvalue weighted by Gasteiger charge is -2.26. The molecule has 0 N–H and O–H groups in total. The molecule has 0 aromatic rings. The first kappa shape index (κ1) is 14.9. The Morgan fingerprint density at radius 3 is 2.00 bits per heavy atom. The molecule has 0 amide bonds. The van der Waals surface area contributed by atoms with Crippen LogP contribution < -0.4 is 0 Å². The molecule has 0 heterocycles. The van der Waals surface area contributed by atoms with E-state index in [1.54, 1.807) is 0 Å². The molecule has 15 heavy (non-hydrogen) atoms. The molecule has 0 aromatic heterocycles. The highest BCUT2D eigenvalue weighted by molar-refractivity contribution is 4.67. The number of nitrogens with zero attached hydrogens (tertiary/aromatic N) is 1. The highest BCUT2D eigenvalue weighted by Gasteiger charge is 2.12. The second kappa shape index (κ2) is 8.12. The van der Waals surface area contributed by atoms with Crippen molar-refractivity contribution >= 4 is 0 Å². The monoisotopic (exact) mass is 215 g/mol. The highest BCUT2D eigenvalue weighted by atomic mass is 16.5. The molecule has 0 bridgehead atoms. The Morgan fingerprint density at radius 2 is 1.60 bits per heavy atom. The Morgan fingerprint density at radius 1 is 1.00 bits per heavy atom. The Kier molecular flexibility index (Phi) is 8.07. The summed E-state index contributed by atoms with van der Waals surface area (Å²) in [7, 11) is 4.32. The summed E-state index contributed by atoms with van der Waals surface area (Å²) in [6.45, 7) is 10.7. The van der Waals surface area contributed by atoms with E-state index in [1.807, 2.05) is 0 Å². The normalized spacial score (nSPS) is 14.2. The van der Waals surface area contributed by atoms with Gasteiger partial charge in [-0.25, -0.2) is 0 Å². The maximum Gasteiger partial charge on any atom is 0.0489 e. The molecule has 0 fully saturated rings. The zero-order valence-electron chi connectivity index (χ0n) is 11.4. The highest BCUT2D eigenvalue weighted by Crippen LogP contribution is 2.12. The number of hydrogen-bond donors (Lipinski definition) is 0. The van der Waals surface area contributed by atoms with Crippen LogP contribution in [0.3, 0.4) is 0 Å². The van der Waals surface area contributed by atoms with E-state index >= 15 is 0 Å². The van der Waals surface area contributed by atoms with Crippen LogP contribution in [0, 0.1) is 11.8 Å². The fraction of sp³-hybridized carbons (Fsp3) is 1.00. The van der Waals surface area contributed by atoms with Crippen molar-refractivity contribution in [2.75, 3.05) is 27.3 Å². The summed E-state index contributed by atoms with van der Waals surface area (Å²) in [6, 6.07) is 0.664. The molecule has 0 rings (SSSR count). The minimum absolute atomic E-state index is 0.646. The fourth-order valence-electron chi connectivity index (χ4n) is 1.67. The molecule has 0 radical (unpaired) electrons. The molecule has 0 spiro atoms. The zero-order chi connectivity index (χ0) is 11.8. The topological polar surface area (TPSA) is 12.5 Å². The van der Waals surface area contributed by atoms with Gasteiger partial charge in [0.05, 0.1) is 0 Å². The molecule has 0 saturated carbocycles. The maximum absolute atomic E-state index is 5.63. The van der Waals surface area contributed by atoms with Gasteiger partial charge in [-0.05, 0) is 38.8 Å². The second-order valence-corrected chi connectivity index (χ2v) is 5.50. The lowest BCUT2D eigenvalue weighted by Crippen LogP contribution is -2.30. The van der Waals surface area contributed by atoms with E-state index < -0.39 is 0 Å². The molecule has 1 atom stereocenters. The average Bonchev–Trinajstić information content (AvgIpc) is 2.08. The minimum atomic E-state index is 0.646. The first-order valence-corrected chi connectivity index (χ1v) is 6.17. The van der Waals surface area contributed by atoms with E-state index in [0.717, 1.165) is 25.6 Å². The van der Waals surface area contributed by atoms with Crippen molar-refractivity contribution in [2.24, 2.45) is 11.8 Å². The standard InChI is InChI=1S/C13H29NO/c1-11(2)9-13(14(5)6)7-8-15-10-12(3)4/h11-13H,7-10H2,1-6H3. The van der Waals surface area contributed by atoms with Crippen molar-refractivity contribution in [2.45, 2.75) is 46.6 Å². The molecule has 0 saturated heterocycles. The van der Waals surface area contributed by atoms with Crippen LogP contribution in [0.15, 0.2) is 0 Å². The van der Waals surface area contributed by atoms with Crippen LogP contribution in [0.4, 0.5) is 0 Å². The van der Waals surface area contributed by atoms with Crippen molar-refractivity contribution in [1.82, 2.24) is 4.90 Å². The lowest BCUT2D eigenvalue weighted by atomic mass is 10.0. The Balaban J connectivity index is 3.67. The molecule has 1 unspecified atom stereocenters. The van der Waals surface area contributed by atoms with Crippen molar-refractivity contribution < 1.29 is 4.74 Å². The Hall–Kier alpha value is -0.0800. The summed E-state index contributed by atoms with van der Waals surface area (Å²) in [6.07, 6.45) is 2.41. The number of rotatable bonds is 8. The molecular formula is C13H29NO. The number of hydrogen-bond acceptors (Lipinski definition) is 2. The van der Waals surface area contributed by atoms with Gasteiger partial charge >= 0.3 is 0 Å². The van der Waals surface area contributed by atoms with Gasteiger partial charge < -0.3 is 9.64 Å². The van der Waals surface area contributed by atoms with Crippen LogP contribution >= 0.6 is 0 Å². The first-order chi connectivity index (χ1) is 6.93. The van der Waals surface area contributed by atoms with Crippen LogP contribution in [0.2, 0.25) is 0 Å². The Bertz CT molecular complexity index is 143. The lowest BCUT2D eigenvalue weighted by molar-refractivity contribution is 0.0869. The fourth-order valence-corrected chi connectivity index (χ4v) is 1.67. The third kappa shape index (κ3) is 8.88. The van der Waals surface area contributed by atoms with Crippen molar-refractivity contribution in [1.29, 1.82) is 0 Å². The predicted octanol–water partition coefficient (Wildman–Crippen LogP) is 3.03. The van der Waals surface area contributed by atoms with Gasteiger partial charge in [0.1, 0.15) is 0 Å². The third-order valence-corrected chi connectivity index (χ3v) is 2.52. The van der Waals surface area contributed by atoms with Crippen LogP contribution in [0.25, 0.3) is 0 Å². The molecule has 0 aromatic carbocycles. The van der Waals surface area contributed by atoms with E-state index in [9.17, 15) is 0 Å². The van der Waals surface area contributed by atoms with Crippen molar-refractivity contribution in [3.8, 4) is 0 Å². The summed E-state index contributed by atoms with van der Waals surface area (Å²) >= 11 is 0. The van der Waals surface area contributed by atoms with Gasteiger partial charge in [0, 0.05) is 19.3 Å². The van der Waals surface area contributed by atoms with Gasteiger partial charge in [0.15, 0.2) is 0 Å². The summed E-state index contributed by atoms with van der Waals surface area (Å²) < 4.78 is 5.63. The molecule has 2 nitrogen and oxygen atoms in total. The van der Waals surface area contributed by atoms with E-state index in [4.69, 9.17) is 4.74 Å². The van der Waals surface area contributed by atoms with E-state index in [0.29, 0.717) is 12.0 Å². The van der Waals surface area contributed by atoms with Crippen molar-refractivity contribution in [3.63, 3.8) is 0 Å². The van der Waals surface area contributed by atoms with E-state index in [2.05, 4.69) is 46.7 Å². The SMILES string of the molecule is CC(C)COCCC(CC(C)C)N(C)C. The van der Waals surface area contributed by atoms with Crippen molar-refractivity contribution in [3.05, 3.63) is 0 Å². The first-order valence-electron chi connectivity index (χ1n) is 6.17. The van der Waals surface area contributed by atoms with Gasteiger partial charge in [-0.3, -0.25) is 0 Å². The minimum Gasteiger partial charge on any atom is -0.381 e. The van der Waals surface area contributed by atoms with E-state index in [-0.39, 0.29) is 0 Å². The maximum atomic E-state index is 5.63. The smallest absolute Gasteiger partial charge is 0.0489 e. The van der Waals surface area contributed by atoms with E-state index in [1.165, 1.54) is 6.42 Å². The molecule has 2 heteroatoms. The summed E-state index contributed by atoms with van der Waals surface area (Å²) in [4.78, 5) is 2.32. The van der Waals surface area contributed by atoms with Gasteiger partial charge in [0.25, 0.3) is 0 Å². The quantitative estimate of drug-likeness (QED) is 0.577. The molecule has 0 aliphatic carbocycles. The van der Waals surface area contributed by atoms with Gasteiger partial charge in [-0.2, -0.15) is 0 Å². The molecule has 0 aliphatic heterocycles. The summed E-state index contributed by atoms with van der Waals surface area (Å²) in [5.74, 6) is 1.41.